The van der Waals surface area contributed by atoms with E-state index in [-0.39, 0.29) is 6.42 Å². The standard InChI is InChI=1S/C7H7BrN2O3S/c1-13-6(12)2-5(11)10-7-9-3-4(8)14-7/h3H,2H2,1H3,(H,9,10,11). The van der Waals surface area contributed by atoms with Crippen LogP contribution in [0, 0.1) is 0 Å². The van der Waals surface area contributed by atoms with Gasteiger partial charge in [-0.3, -0.25) is 9.59 Å². The summed E-state index contributed by atoms with van der Waals surface area (Å²) in [5.41, 5.74) is 0. The minimum Gasteiger partial charge on any atom is -0.469 e. The highest BCUT2D eigenvalue weighted by Gasteiger charge is 2.10. The monoisotopic (exact) mass is 278 g/mol. The van der Waals surface area contributed by atoms with Crippen LogP contribution < -0.4 is 5.32 Å². The van der Waals surface area contributed by atoms with Crippen LogP contribution >= 0.6 is 27.3 Å². The molecule has 0 unspecified atom stereocenters. The molecule has 0 saturated carbocycles. The first-order chi connectivity index (χ1) is 6.61. The molecule has 0 aliphatic rings. The molecule has 0 bridgehead atoms. The van der Waals surface area contributed by atoms with E-state index in [0.29, 0.717) is 5.13 Å². The Morgan fingerprint density at radius 3 is 2.93 bits per heavy atom. The summed E-state index contributed by atoms with van der Waals surface area (Å²) in [4.78, 5) is 25.7. The van der Waals surface area contributed by atoms with Gasteiger partial charge in [-0.25, -0.2) is 4.98 Å². The number of amides is 1. The van der Waals surface area contributed by atoms with Gasteiger partial charge in [-0.1, -0.05) is 11.3 Å². The number of carbonyl (C=O) groups is 2. The van der Waals surface area contributed by atoms with Crippen molar-refractivity contribution in [1.82, 2.24) is 4.98 Å². The van der Waals surface area contributed by atoms with Crippen LogP contribution in [-0.2, 0) is 14.3 Å². The Kier molecular flexibility index (Phi) is 4.02. The Bertz CT molecular complexity index is 352. The van der Waals surface area contributed by atoms with Crippen molar-refractivity contribution >= 4 is 44.3 Å². The number of anilines is 1. The van der Waals surface area contributed by atoms with Crippen molar-refractivity contribution in [3.63, 3.8) is 0 Å². The largest absolute Gasteiger partial charge is 0.469 e. The van der Waals surface area contributed by atoms with Crippen molar-refractivity contribution in [3.05, 3.63) is 9.98 Å². The van der Waals surface area contributed by atoms with Crippen molar-refractivity contribution in [2.45, 2.75) is 6.42 Å². The SMILES string of the molecule is COC(=O)CC(=O)Nc1ncc(Br)s1. The lowest BCUT2D eigenvalue weighted by molar-refractivity contribution is -0.142. The van der Waals surface area contributed by atoms with E-state index in [0.717, 1.165) is 3.79 Å². The third kappa shape index (κ3) is 3.43. The predicted molar refractivity (Wildman–Crippen MR) is 55.1 cm³/mol. The zero-order valence-corrected chi connectivity index (χ0v) is 9.65. The molecular formula is C7H7BrN2O3S. The average Bonchev–Trinajstić information content (AvgIpc) is 2.50. The van der Waals surface area contributed by atoms with E-state index in [4.69, 9.17) is 0 Å². The summed E-state index contributed by atoms with van der Waals surface area (Å²) in [6.45, 7) is 0. The summed E-state index contributed by atoms with van der Waals surface area (Å²) >= 11 is 4.47. The van der Waals surface area contributed by atoms with Crippen LogP contribution in [0.15, 0.2) is 9.98 Å². The molecule has 0 radical (unpaired) electrons. The molecule has 0 atom stereocenters. The summed E-state index contributed by atoms with van der Waals surface area (Å²) in [5, 5.41) is 2.92. The summed E-state index contributed by atoms with van der Waals surface area (Å²) in [5.74, 6) is -1.00. The van der Waals surface area contributed by atoms with Crippen molar-refractivity contribution in [3.8, 4) is 0 Å². The molecule has 0 saturated heterocycles. The maximum absolute atomic E-state index is 11.1. The maximum atomic E-state index is 11.1. The fourth-order valence-electron chi connectivity index (χ4n) is 0.679. The summed E-state index contributed by atoms with van der Waals surface area (Å²) in [7, 11) is 1.23. The number of thiazole rings is 1. The van der Waals surface area contributed by atoms with Crippen LogP contribution in [0.4, 0.5) is 5.13 Å². The first-order valence-corrected chi connectivity index (χ1v) is 5.20. The lowest BCUT2D eigenvalue weighted by atomic mass is 10.4. The summed E-state index contributed by atoms with van der Waals surface area (Å²) < 4.78 is 5.15. The number of methoxy groups -OCH3 is 1. The van der Waals surface area contributed by atoms with E-state index in [1.165, 1.54) is 18.4 Å². The van der Waals surface area contributed by atoms with E-state index in [2.05, 4.69) is 31.0 Å². The van der Waals surface area contributed by atoms with Gasteiger partial charge in [0.1, 0.15) is 6.42 Å². The normalized spacial score (nSPS) is 9.57. The molecule has 1 rings (SSSR count). The van der Waals surface area contributed by atoms with Gasteiger partial charge < -0.3 is 10.1 Å². The van der Waals surface area contributed by atoms with Gasteiger partial charge in [0, 0.05) is 0 Å². The highest BCUT2D eigenvalue weighted by Crippen LogP contribution is 2.22. The third-order valence-corrected chi connectivity index (χ3v) is 2.65. The second-order valence-corrected chi connectivity index (χ2v) is 4.68. The van der Waals surface area contributed by atoms with Crippen LogP contribution in [0.5, 0.6) is 0 Å². The van der Waals surface area contributed by atoms with Gasteiger partial charge in [-0.15, -0.1) is 0 Å². The van der Waals surface area contributed by atoms with Crippen molar-refractivity contribution < 1.29 is 14.3 Å². The van der Waals surface area contributed by atoms with E-state index in [1.54, 1.807) is 6.20 Å². The van der Waals surface area contributed by atoms with E-state index >= 15 is 0 Å². The Balaban J connectivity index is 2.45. The molecule has 0 aliphatic heterocycles. The Morgan fingerprint density at radius 2 is 2.43 bits per heavy atom. The lowest BCUT2D eigenvalue weighted by Gasteiger charge is -1.99. The summed E-state index contributed by atoms with van der Waals surface area (Å²) in [6, 6.07) is 0. The second-order valence-electron chi connectivity index (χ2n) is 2.27. The van der Waals surface area contributed by atoms with Crippen LogP contribution in [0.25, 0.3) is 0 Å². The van der Waals surface area contributed by atoms with E-state index in [9.17, 15) is 9.59 Å². The highest BCUT2D eigenvalue weighted by molar-refractivity contribution is 9.11. The molecule has 1 amide bonds. The molecule has 1 aromatic heterocycles. The van der Waals surface area contributed by atoms with Gasteiger partial charge in [0.15, 0.2) is 5.13 Å². The maximum Gasteiger partial charge on any atom is 0.315 e. The van der Waals surface area contributed by atoms with Gasteiger partial charge in [-0.2, -0.15) is 0 Å². The second kappa shape index (κ2) is 5.06. The number of hydrogen-bond acceptors (Lipinski definition) is 5. The molecular weight excluding hydrogens is 272 g/mol. The molecule has 1 aromatic rings. The van der Waals surface area contributed by atoms with Gasteiger partial charge in [0.2, 0.25) is 5.91 Å². The molecule has 0 fully saturated rings. The molecule has 14 heavy (non-hydrogen) atoms. The number of carbonyl (C=O) groups excluding carboxylic acids is 2. The van der Waals surface area contributed by atoms with Crippen LogP contribution in [0.1, 0.15) is 6.42 Å². The average molecular weight is 279 g/mol. The zero-order valence-electron chi connectivity index (χ0n) is 7.24. The fourth-order valence-corrected chi connectivity index (χ4v) is 1.80. The lowest BCUT2D eigenvalue weighted by Crippen LogP contribution is -2.16. The number of halogens is 1. The van der Waals surface area contributed by atoms with Crippen molar-refractivity contribution in [2.75, 3.05) is 12.4 Å². The van der Waals surface area contributed by atoms with Crippen molar-refractivity contribution in [2.24, 2.45) is 0 Å². The number of ether oxygens (including phenoxy) is 1. The minimum absolute atomic E-state index is 0.298. The quantitative estimate of drug-likeness (QED) is 0.671. The van der Waals surface area contributed by atoms with Crippen molar-refractivity contribution in [1.29, 1.82) is 0 Å². The van der Waals surface area contributed by atoms with Gasteiger partial charge in [-0.05, 0) is 15.9 Å². The molecule has 1 heterocycles. The predicted octanol–water partition coefficient (Wildman–Crippen LogP) is 1.41. The molecule has 1 N–H and O–H groups in total. The Hall–Kier alpha value is -0.950. The molecule has 0 spiro atoms. The molecule has 0 aliphatic carbocycles. The van der Waals surface area contributed by atoms with Crippen LogP contribution in [0.3, 0.4) is 0 Å². The first-order valence-electron chi connectivity index (χ1n) is 3.60. The van der Waals surface area contributed by atoms with Crippen LogP contribution in [0.2, 0.25) is 0 Å². The number of rotatable bonds is 3. The topological polar surface area (TPSA) is 68.3 Å². The minimum atomic E-state index is -0.571. The fraction of sp³-hybridized carbons (Fsp3) is 0.286. The number of aromatic nitrogens is 1. The summed E-state index contributed by atoms with van der Waals surface area (Å²) in [6.07, 6.45) is 1.27. The molecule has 5 nitrogen and oxygen atoms in total. The molecule has 7 heteroatoms. The number of nitrogens with zero attached hydrogens (tertiary/aromatic N) is 1. The third-order valence-electron chi connectivity index (χ3n) is 1.26. The molecule has 0 aromatic carbocycles. The highest BCUT2D eigenvalue weighted by atomic mass is 79.9. The van der Waals surface area contributed by atoms with E-state index < -0.39 is 11.9 Å². The van der Waals surface area contributed by atoms with Gasteiger partial charge >= 0.3 is 5.97 Å². The molecule has 76 valence electrons. The number of nitrogens with one attached hydrogen (secondary N) is 1. The van der Waals surface area contributed by atoms with E-state index in [1.807, 2.05) is 0 Å². The zero-order chi connectivity index (χ0) is 10.6. The van der Waals surface area contributed by atoms with Gasteiger partial charge in [0.05, 0.1) is 17.1 Å². The Labute approximate surface area is 92.6 Å². The van der Waals surface area contributed by atoms with Gasteiger partial charge in [0.25, 0.3) is 0 Å². The smallest absolute Gasteiger partial charge is 0.315 e. The number of esters is 1. The van der Waals surface area contributed by atoms with Crippen LogP contribution in [-0.4, -0.2) is 24.0 Å². The first kappa shape index (κ1) is 11.1. The Morgan fingerprint density at radius 1 is 1.71 bits per heavy atom. The number of hydrogen-bond donors (Lipinski definition) is 1.